The van der Waals surface area contributed by atoms with E-state index in [1.165, 1.54) is 23.1 Å². The number of nitrogens with zero attached hydrogens (tertiary/aromatic N) is 4. The van der Waals surface area contributed by atoms with Gasteiger partial charge in [0.2, 0.25) is 5.91 Å². The van der Waals surface area contributed by atoms with Crippen LogP contribution in [-0.4, -0.2) is 20.7 Å². The van der Waals surface area contributed by atoms with Gasteiger partial charge in [0.1, 0.15) is 24.8 Å². The number of benzene rings is 1. The Morgan fingerprint density at radius 1 is 1.58 bits per heavy atom. The smallest absolute Gasteiger partial charge is 0.252 e. The summed E-state index contributed by atoms with van der Waals surface area (Å²) in [5.41, 5.74) is -0.0156. The highest BCUT2D eigenvalue weighted by Crippen LogP contribution is 2.19. The van der Waals surface area contributed by atoms with Crippen LogP contribution in [0.5, 0.6) is 0 Å². The van der Waals surface area contributed by atoms with E-state index in [-0.39, 0.29) is 18.1 Å². The summed E-state index contributed by atoms with van der Waals surface area (Å²) in [5.74, 6) is -1.13. The molecule has 0 spiro atoms. The minimum Gasteiger partial charge on any atom is -0.322 e. The monoisotopic (exact) mass is 279 g/mol. The molecule has 0 radical (unpaired) electrons. The fourth-order valence-electron chi connectivity index (χ4n) is 1.35. The number of hydrogen-bond donors (Lipinski definition) is 1. The number of halogens is 2. The quantitative estimate of drug-likeness (QED) is 0.924. The Hall–Kier alpha value is -2.46. The Morgan fingerprint density at radius 3 is 3.05 bits per heavy atom. The first-order valence-electron chi connectivity index (χ1n) is 5.13. The van der Waals surface area contributed by atoms with Crippen molar-refractivity contribution in [2.75, 3.05) is 5.32 Å². The van der Waals surface area contributed by atoms with Gasteiger partial charge in [0, 0.05) is 5.02 Å². The number of aromatic nitrogens is 3. The molecule has 0 fully saturated rings. The Morgan fingerprint density at radius 2 is 2.37 bits per heavy atom. The number of nitriles is 1. The highest BCUT2D eigenvalue weighted by Gasteiger charge is 2.09. The van der Waals surface area contributed by atoms with Crippen LogP contribution in [0.1, 0.15) is 5.82 Å². The van der Waals surface area contributed by atoms with Crippen molar-refractivity contribution in [2.45, 2.75) is 6.54 Å². The average molecular weight is 280 g/mol. The summed E-state index contributed by atoms with van der Waals surface area (Å²) in [7, 11) is 0. The number of nitrogens with one attached hydrogen (secondary N) is 1. The fraction of sp³-hybridized carbons (Fsp3) is 0.0909. The molecule has 0 atom stereocenters. The first-order chi connectivity index (χ1) is 9.08. The zero-order valence-corrected chi connectivity index (χ0v) is 10.2. The molecule has 0 aliphatic heterocycles. The van der Waals surface area contributed by atoms with Crippen LogP contribution in [0.2, 0.25) is 5.02 Å². The lowest BCUT2D eigenvalue weighted by Gasteiger charge is -2.06. The lowest BCUT2D eigenvalue weighted by molar-refractivity contribution is -0.116. The predicted molar refractivity (Wildman–Crippen MR) is 64.8 cm³/mol. The molecule has 1 aromatic heterocycles. The standard InChI is InChI=1S/C11H7ClFN5O/c12-7-1-2-8(13)9(3-7)16-11(19)5-18-6-15-10(4-14)17-18/h1-3,6H,5H2,(H,16,19). The van der Waals surface area contributed by atoms with Crippen LogP contribution in [0.25, 0.3) is 0 Å². The number of anilines is 1. The van der Waals surface area contributed by atoms with Crippen LogP contribution < -0.4 is 5.32 Å². The van der Waals surface area contributed by atoms with Gasteiger partial charge in [0.05, 0.1) is 5.69 Å². The van der Waals surface area contributed by atoms with Crippen LogP contribution in [0.3, 0.4) is 0 Å². The molecule has 0 aliphatic rings. The van der Waals surface area contributed by atoms with E-state index in [9.17, 15) is 9.18 Å². The summed E-state index contributed by atoms with van der Waals surface area (Å²) in [5, 5.41) is 14.9. The van der Waals surface area contributed by atoms with Crippen molar-refractivity contribution in [3.8, 4) is 6.07 Å². The zero-order chi connectivity index (χ0) is 13.8. The van der Waals surface area contributed by atoms with Gasteiger partial charge in [-0.15, -0.1) is 5.10 Å². The summed E-state index contributed by atoms with van der Waals surface area (Å²) in [6.07, 6.45) is 1.24. The molecular weight excluding hydrogens is 273 g/mol. The van der Waals surface area contributed by atoms with Crippen molar-refractivity contribution in [2.24, 2.45) is 0 Å². The molecule has 8 heteroatoms. The van der Waals surface area contributed by atoms with E-state index in [4.69, 9.17) is 16.9 Å². The summed E-state index contributed by atoms with van der Waals surface area (Å²) >= 11 is 5.70. The average Bonchev–Trinajstić information content (AvgIpc) is 2.81. The lowest BCUT2D eigenvalue weighted by Crippen LogP contribution is -2.19. The molecule has 0 saturated carbocycles. The van der Waals surface area contributed by atoms with Gasteiger partial charge in [-0.1, -0.05) is 11.6 Å². The van der Waals surface area contributed by atoms with Crippen molar-refractivity contribution in [1.29, 1.82) is 5.26 Å². The summed E-state index contributed by atoms with van der Waals surface area (Å²) in [4.78, 5) is 15.3. The van der Waals surface area contributed by atoms with Gasteiger partial charge in [0.15, 0.2) is 0 Å². The molecule has 1 heterocycles. The maximum Gasteiger partial charge on any atom is 0.252 e. The van der Waals surface area contributed by atoms with E-state index in [0.29, 0.717) is 5.02 Å². The van der Waals surface area contributed by atoms with Crippen LogP contribution in [0, 0.1) is 17.1 Å². The highest BCUT2D eigenvalue weighted by atomic mass is 35.5. The van der Waals surface area contributed by atoms with Gasteiger partial charge in [0.25, 0.3) is 5.82 Å². The minimum atomic E-state index is -0.589. The number of carbonyl (C=O) groups excluding carboxylic acids is 1. The van der Waals surface area contributed by atoms with Gasteiger partial charge < -0.3 is 5.32 Å². The molecule has 1 aromatic carbocycles. The molecule has 0 saturated heterocycles. The van der Waals surface area contributed by atoms with Gasteiger partial charge in [-0.05, 0) is 18.2 Å². The van der Waals surface area contributed by atoms with Crippen molar-refractivity contribution in [1.82, 2.24) is 14.8 Å². The molecule has 6 nitrogen and oxygen atoms in total. The molecule has 1 amide bonds. The number of hydrogen-bond acceptors (Lipinski definition) is 4. The van der Waals surface area contributed by atoms with E-state index in [0.717, 1.165) is 6.07 Å². The third-order valence-corrected chi connectivity index (χ3v) is 2.38. The maximum absolute atomic E-state index is 13.4. The number of carbonyl (C=O) groups is 1. The molecule has 1 N–H and O–H groups in total. The van der Waals surface area contributed by atoms with E-state index in [1.807, 2.05) is 0 Å². The Balaban J connectivity index is 2.05. The second-order valence-corrected chi connectivity index (χ2v) is 3.99. The molecule has 0 unspecified atom stereocenters. The van der Waals surface area contributed by atoms with E-state index in [1.54, 1.807) is 6.07 Å². The Labute approximate surface area is 112 Å². The van der Waals surface area contributed by atoms with Crippen molar-refractivity contribution < 1.29 is 9.18 Å². The van der Waals surface area contributed by atoms with Gasteiger partial charge in [-0.3, -0.25) is 4.79 Å². The predicted octanol–water partition coefficient (Wildman–Crippen LogP) is 1.58. The zero-order valence-electron chi connectivity index (χ0n) is 9.47. The lowest BCUT2D eigenvalue weighted by atomic mass is 10.3. The number of amides is 1. The molecule has 2 aromatic rings. The van der Waals surface area contributed by atoms with Crippen LogP contribution in [-0.2, 0) is 11.3 Å². The summed E-state index contributed by atoms with van der Waals surface area (Å²) < 4.78 is 14.6. The van der Waals surface area contributed by atoms with Crippen LogP contribution >= 0.6 is 11.6 Å². The van der Waals surface area contributed by atoms with E-state index in [2.05, 4.69) is 15.4 Å². The van der Waals surface area contributed by atoms with Gasteiger partial charge in [-0.2, -0.15) is 5.26 Å². The van der Waals surface area contributed by atoms with Crippen molar-refractivity contribution >= 4 is 23.2 Å². The van der Waals surface area contributed by atoms with Gasteiger partial charge in [-0.25, -0.2) is 14.1 Å². The highest BCUT2D eigenvalue weighted by molar-refractivity contribution is 6.30. The van der Waals surface area contributed by atoms with Gasteiger partial charge >= 0.3 is 0 Å². The third kappa shape index (κ3) is 3.26. The molecule has 2 rings (SSSR count). The number of rotatable bonds is 3. The van der Waals surface area contributed by atoms with Crippen molar-refractivity contribution in [3.63, 3.8) is 0 Å². The third-order valence-electron chi connectivity index (χ3n) is 2.14. The maximum atomic E-state index is 13.4. The molecule has 96 valence electrons. The summed E-state index contributed by atoms with van der Waals surface area (Å²) in [6.45, 7) is -0.180. The molecular formula is C11H7ClFN5O. The normalized spacial score (nSPS) is 9.95. The fourth-order valence-corrected chi connectivity index (χ4v) is 1.52. The molecule has 0 bridgehead atoms. The minimum absolute atomic E-state index is 0.0156. The second-order valence-electron chi connectivity index (χ2n) is 3.55. The Kier molecular flexibility index (Phi) is 3.73. The first kappa shape index (κ1) is 13.0. The topological polar surface area (TPSA) is 83.6 Å². The van der Waals surface area contributed by atoms with Crippen LogP contribution in [0.15, 0.2) is 24.5 Å². The van der Waals surface area contributed by atoms with E-state index < -0.39 is 11.7 Å². The largest absolute Gasteiger partial charge is 0.322 e. The second kappa shape index (κ2) is 5.46. The summed E-state index contributed by atoms with van der Waals surface area (Å²) in [6, 6.07) is 5.57. The van der Waals surface area contributed by atoms with E-state index >= 15 is 0 Å². The molecule has 0 aliphatic carbocycles. The SMILES string of the molecule is N#Cc1ncn(CC(=O)Nc2cc(Cl)ccc2F)n1. The first-order valence-corrected chi connectivity index (χ1v) is 5.51. The van der Waals surface area contributed by atoms with Crippen LogP contribution in [0.4, 0.5) is 10.1 Å². The Bertz CT molecular complexity index is 663. The molecule has 19 heavy (non-hydrogen) atoms. The van der Waals surface area contributed by atoms with Crippen molar-refractivity contribution in [3.05, 3.63) is 41.2 Å².